The third kappa shape index (κ3) is 3.05. The molecule has 1 aliphatic rings. The summed E-state index contributed by atoms with van der Waals surface area (Å²) in [4.78, 5) is 23.9. The average molecular weight is 296 g/mol. The van der Waals surface area contributed by atoms with Crippen molar-refractivity contribution in [3.8, 4) is 0 Å². The summed E-state index contributed by atoms with van der Waals surface area (Å²) in [6.45, 7) is 2.43. The first-order chi connectivity index (χ1) is 9.02. The Morgan fingerprint density at radius 3 is 2.35 bits per heavy atom. The average Bonchev–Trinajstić information content (AvgIpc) is 2.35. The summed E-state index contributed by atoms with van der Waals surface area (Å²) in [5.74, 6) is -2.59. The molecule has 1 fully saturated rings. The molecule has 5 nitrogen and oxygen atoms in total. The quantitative estimate of drug-likeness (QED) is 0.824. The van der Waals surface area contributed by atoms with Crippen molar-refractivity contribution in [2.45, 2.75) is 50.9 Å². The van der Waals surface area contributed by atoms with Gasteiger partial charge in [0.25, 0.3) is 5.91 Å². The maximum absolute atomic E-state index is 12.8. The van der Waals surface area contributed by atoms with E-state index in [1.54, 1.807) is 0 Å². The SMILES string of the molecule is CCC1CCN(C(=O)C(C)(N)C(F)(F)F)C(C(=O)O)C1. The van der Waals surface area contributed by atoms with Gasteiger partial charge < -0.3 is 15.7 Å². The maximum Gasteiger partial charge on any atom is 0.415 e. The minimum absolute atomic E-state index is 0.0167. The molecular weight excluding hydrogens is 277 g/mol. The van der Waals surface area contributed by atoms with Crippen LogP contribution in [0.1, 0.15) is 33.1 Å². The lowest BCUT2D eigenvalue weighted by Gasteiger charge is -2.41. The molecule has 0 aromatic heterocycles. The molecule has 1 heterocycles. The molecule has 0 aromatic carbocycles. The van der Waals surface area contributed by atoms with E-state index in [4.69, 9.17) is 10.8 Å². The highest BCUT2D eigenvalue weighted by Crippen LogP contribution is 2.33. The largest absolute Gasteiger partial charge is 0.480 e. The van der Waals surface area contributed by atoms with Crippen molar-refractivity contribution < 1.29 is 27.9 Å². The van der Waals surface area contributed by atoms with Gasteiger partial charge in [-0.3, -0.25) is 4.79 Å². The third-order valence-electron chi connectivity index (χ3n) is 3.87. The number of aliphatic carboxylic acids is 1. The van der Waals surface area contributed by atoms with Crippen LogP contribution in [0.4, 0.5) is 13.2 Å². The monoisotopic (exact) mass is 296 g/mol. The Kier molecular flexibility index (Phi) is 4.68. The van der Waals surface area contributed by atoms with Crippen LogP contribution in [0.3, 0.4) is 0 Å². The lowest BCUT2D eigenvalue weighted by molar-refractivity contribution is -0.197. The van der Waals surface area contributed by atoms with Crippen LogP contribution in [0.2, 0.25) is 0 Å². The number of nitrogens with two attached hydrogens (primary N) is 1. The van der Waals surface area contributed by atoms with Crippen LogP contribution in [0.5, 0.6) is 0 Å². The zero-order valence-electron chi connectivity index (χ0n) is 11.4. The van der Waals surface area contributed by atoms with E-state index >= 15 is 0 Å². The molecule has 1 amide bonds. The van der Waals surface area contributed by atoms with E-state index in [0.29, 0.717) is 13.3 Å². The van der Waals surface area contributed by atoms with Gasteiger partial charge in [0.1, 0.15) is 6.04 Å². The Balaban J connectivity index is 2.99. The lowest BCUT2D eigenvalue weighted by Crippen LogP contribution is -2.65. The van der Waals surface area contributed by atoms with Crippen LogP contribution >= 0.6 is 0 Å². The van der Waals surface area contributed by atoms with E-state index in [1.165, 1.54) is 0 Å². The first kappa shape index (κ1) is 16.7. The van der Waals surface area contributed by atoms with Crippen molar-refractivity contribution in [2.24, 2.45) is 11.7 Å². The van der Waals surface area contributed by atoms with E-state index in [2.05, 4.69) is 0 Å². The third-order valence-corrected chi connectivity index (χ3v) is 3.87. The minimum Gasteiger partial charge on any atom is -0.480 e. The van der Waals surface area contributed by atoms with E-state index in [0.717, 1.165) is 11.3 Å². The zero-order chi connectivity index (χ0) is 15.7. The second kappa shape index (κ2) is 5.59. The van der Waals surface area contributed by atoms with Gasteiger partial charge in [-0.15, -0.1) is 0 Å². The Labute approximate surface area is 114 Å². The molecule has 1 rings (SSSR count). The molecule has 3 atom stereocenters. The van der Waals surface area contributed by atoms with Gasteiger partial charge in [-0.25, -0.2) is 4.79 Å². The Morgan fingerprint density at radius 1 is 1.40 bits per heavy atom. The lowest BCUT2D eigenvalue weighted by atomic mass is 9.87. The Bertz CT molecular complexity index is 396. The number of halogens is 3. The second-order valence-electron chi connectivity index (χ2n) is 5.35. The number of nitrogens with zero attached hydrogens (tertiary/aromatic N) is 1. The summed E-state index contributed by atoms with van der Waals surface area (Å²) in [6.07, 6.45) is -3.55. The van der Waals surface area contributed by atoms with Crippen LogP contribution in [-0.2, 0) is 9.59 Å². The van der Waals surface area contributed by atoms with Crippen LogP contribution < -0.4 is 5.73 Å². The Hall–Kier alpha value is -1.31. The van der Waals surface area contributed by atoms with E-state index in [1.807, 2.05) is 6.92 Å². The summed E-state index contributed by atoms with van der Waals surface area (Å²) in [6, 6.07) is -1.24. The zero-order valence-corrected chi connectivity index (χ0v) is 11.4. The van der Waals surface area contributed by atoms with Crippen molar-refractivity contribution >= 4 is 11.9 Å². The number of hydrogen-bond acceptors (Lipinski definition) is 3. The van der Waals surface area contributed by atoms with E-state index < -0.39 is 29.6 Å². The number of hydrogen-bond donors (Lipinski definition) is 2. The summed E-state index contributed by atoms with van der Waals surface area (Å²) >= 11 is 0. The topological polar surface area (TPSA) is 83.6 Å². The fourth-order valence-electron chi connectivity index (χ4n) is 2.31. The molecule has 3 N–H and O–H groups in total. The number of likely N-dealkylation sites (tertiary alicyclic amines) is 1. The van der Waals surface area contributed by atoms with E-state index in [-0.39, 0.29) is 18.9 Å². The molecule has 0 spiro atoms. The number of carbonyl (C=O) groups excluding carboxylic acids is 1. The molecule has 0 saturated carbocycles. The molecule has 0 radical (unpaired) electrons. The molecule has 0 bridgehead atoms. The first-order valence-electron chi connectivity index (χ1n) is 6.41. The highest BCUT2D eigenvalue weighted by Gasteiger charge is 2.57. The standard InChI is InChI=1S/C12H19F3N2O3/c1-3-7-4-5-17(8(6-7)9(18)19)10(20)11(2,16)12(13,14)15/h7-8H,3-6,16H2,1-2H3,(H,18,19). The van der Waals surface area contributed by atoms with Crippen LogP contribution in [-0.4, -0.2) is 46.2 Å². The van der Waals surface area contributed by atoms with Crippen molar-refractivity contribution in [1.29, 1.82) is 0 Å². The van der Waals surface area contributed by atoms with Crippen molar-refractivity contribution in [3.63, 3.8) is 0 Å². The number of alkyl halides is 3. The summed E-state index contributed by atoms with van der Waals surface area (Å²) in [5, 5.41) is 9.12. The van der Waals surface area contributed by atoms with Crippen LogP contribution in [0.25, 0.3) is 0 Å². The number of piperidine rings is 1. The van der Waals surface area contributed by atoms with Crippen LogP contribution in [0.15, 0.2) is 0 Å². The van der Waals surface area contributed by atoms with Crippen molar-refractivity contribution in [1.82, 2.24) is 4.90 Å². The van der Waals surface area contributed by atoms with E-state index in [9.17, 15) is 22.8 Å². The number of carbonyl (C=O) groups is 2. The molecular formula is C12H19F3N2O3. The molecule has 0 aliphatic carbocycles. The van der Waals surface area contributed by atoms with Crippen molar-refractivity contribution in [2.75, 3.05) is 6.54 Å². The fourth-order valence-corrected chi connectivity index (χ4v) is 2.31. The predicted molar refractivity (Wildman–Crippen MR) is 64.8 cm³/mol. The molecule has 8 heteroatoms. The molecule has 116 valence electrons. The highest BCUT2D eigenvalue weighted by molar-refractivity contribution is 5.90. The maximum atomic E-state index is 12.8. The minimum atomic E-state index is -4.92. The number of amides is 1. The second-order valence-corrected chi connectivity index (χ2v) is 5.35. The van der Waals surface area contributed by atoms with Crippen molar-refractivity contribution in [3.05, 3.63) is 0 Å². The summed E-state index contributed by atoms with van der Waals surface area (Å²) in [5.41, 5.74) is 2.02. The Morgan fingerprint density at radius 2 is 1.95 bits per heavy atom. The number of carboxylic acid groups (broad SMARTS) is 1. The van der Waals surface area contributed by atoms with Crippen LogP contribution in [0, 0.1) is 5.92 Å². The first-order valence-corrected chi connectivity index (χ1v) is 6.41. The molecule has 0 aromatic rings. The molecule has 1 aliphatic heterocycles. The highest BCUT2D eigenvalue weighted by atomic mass is 19.4. The number of carboxylic acids is 1. The van der Waals surface area contributed by atoms with Gasteiger partial charge >= 0.3 is 12.1 Å². The molecule has 1 saturated heterocycles. The fraction of sp³-hybridized carbons (Fsp3) is 0.833. The molecule has 3 unspecified atom stereocenters. The predicted octanol–water partition coefficient (Wildman–Crippen LogP) is 1.37. The molecule has 20 heavy (non-hydrogen) atoms. The number of rotatable bonds is 3. The van der Waals surface area contributed by atoms with Gasteiger partial charge in [0.05, 0.1) is 0 Å². The normalized spacial score (nSPS) is 27.0. The van der Waals surface area contributed by atoms with Gasteiger partial charge in [-0.1, -0.05) is 13.3 Å². The smallest absolute Gasteiger partial charge is 0.415 e. The van der Waals surface area contributed by atoms with Gasteiger partial charge in [0, 0.05) is 6.54 Å². The van der Waals surface area contributed by atoms with Gasteiger partial charge in [0.2, 0.25) is 0 Å². The summed E-state index contributed by atoms with van der Waals surface area (Å²) in [7, 11) is 0. The van der Waals surface area contributed by atoms with Gasteiger partial charge in [0.15, 0.2) is 5.54 Å². The van der Waals surface area contributed by atoms with Gasteiger partial charge in [-0.05, 0) is 25.7 Å². The summed E-state index contributed by atoms with van der Waals surface area (Å²) < 4.78 is 38.4. The van der Waals surface area contributed by atoms with Gasteiger partial charge in [-0.2, -0.15) is 13.2 Å².